The average molecular weight is 427 g/mol. The third-order valence-corrected chi connectivity index (χ3v) is 4.82. The molecule has 0 aromatic heterocycles. The molecule has 1 fully saturated rings. The number of ether oxygens (including phenoxy) is 1. The molecule has 4 amide bonds. The first-order valence-corrected chi connectivity index (χ1v) is 10.5. The molecule has 1 rings (SSSR count). The minimum atomic E-state index is -0.899. The Labute approximate surface area is 179 Å². The van der Waals surface area contributed by atoms with Crippen molar-refractivity contribution in [3.05, 3.63) is 0 Å². The predicted molar refractivity (Wildman–Crippen MR) is 114 cm³/mol. The van der Waals surface area contributed by atoms with Crippen molar-refractivity contribution in [1.82, 2.24) is 20.9 Å². The van der Waals surface area contributed by atoms with Crippen LogP contribution in [-0.2, 0) is 19.1 Å². The van der Waals surface area contributed by atoms with Gasteiger partial charge in [0, 0.05) is 19.0 Å². The van der Waals surface area contributed by atoms with Crippen LogP contribution in [0.15, 0.2) is 0 Å². The lowest BCUT2D eigenvalue weighted by Crippen LogP contribution is -2.59. The summed E-state index contributed by atoms with van der Waals surface area (Å²) in [6, 6.07) is -2.76. The summed E-state index contributed by atoms with van der Waals surface area (Å²) in [7, 11) is 1.26. The van der Waals surface area contributed by atoms with E-state index in [4.69, 9.17) is 4.74 Å². The molecular formula is C21H38N4O5. The van der Waals surface area contributed by atoms with Crippen LogP contribution >= 0.6 is 0 Å². The first kappa shape index (κ1) is 25.7. The van der Waals surface area contributed by atoms with E-state index in [0.717, 1.165) is 0 Å². The lowest BCUT2D eigenvalue weighted by Gasteiger charge is -2.31. The molecule has 1 aliphatic rings. The zero-order chi connectivity index (χ0) is 23.2. The summed E-state index contributed by atoms with van der Waals surface area (Å²) in [4.78, 5) is 51.9. The molecule has 30 heavy (non-hydrogen) atoms. The maximum atomic E-state index is 13.2. The molecule has 9 heteroatoms. The van der Waals surface area contributed by atoms with Crippen LogP contribution in [0.3, 0.4) is 0 Å². The molecule has 3 N–H and O–H groups in total. The Balaban J connectivity index is 3.10. The molecular weight excluding hydrogens is 388 g/mol. The van der Waals surface area contributed by atoms with E-state index in [1.165, 1.54) is 12.0 Å². The molecule has 0 aliphatic carbocycles. The zero-order valence-corrected chi connectivity index (χ0v) is 19.5. The van der Waals surface area contributed by atoms with E-state index in [1.54, 1.807) is 13.8 Å². The Hall–Kier alpha value is -2.32. The number of nitrogens with one attached hydrogen (secondary N) is 3. The minimum absolute atomic E-state index is 0.0676. The van der Waals surface area contributed by atoms with Gasteiger partial charge in [-0.2, -0.15) is 0 Å². The summed E-state index contributed by atoms with van der Waals surface area (Å²) in [6.07, 6.45) is 0.719. The lowest BCUT2D eigenvalue weighted by atomic mass is 9.91. The molecule has 0 aromatic rings. The highest BCUT2D eigenvalue weighted by molar-refractivity contribution is 5.92. The van der Waals surface area contributed by atoms with Gasteiger partial charge < -0.3 is 25.6 Å². The summed E-state index contributed by atoms with van der Waals surface area (Å²) < 4.78 is 4.80. The maximum Gasteiger partial charge on any atom is 0.328 e. The Bertz CT molecular complexity index is 642. The molecule has 172 valence electrons. The van der Waals surface area contributed by atoms with Crippen LogP contribution in [0.2, 0.25) is 0 Å². The highest BCUT2D eigenvalue weighted by atomic mass is 16.5. The molecule has 1 aliphatic heterocycles. The Morgan fingerprint density at radius 1 is 1.07 bits per heavy atom. The molecule has 9 nitrogen and oxygen atoms in total. The van der Waals surface area contributed by atoms with Gasteiger partial charge in [-0.3, -0.25) is 9.59 Å². The van der Waals surface area contributed by atoms with Gasteiger partial charge in [0.05, 0.1) is 13.2 Å². The van der Waals surface area contributed by atoms with Crippen molar-refractivity contribution in [2.45, 2.75) is 85.5 Å². The second-order valence-corrected chi connectivity index (χ2v) is 9.69. The fourth-order valence-corrected chi connectivity index (χ4v) is 3.44. The fraction of sp³-hybridized carbons (Fsp3) is 0.810. The van der Waals surface area contributed by atoms with E-state index in [-0.39, 0.29) is 29.7 Å². The number of hydrogen-bond acceptors (Lipinski definition) is 5. The van der Waals surface area contributed by atoms with Gasteiger partial charge in [0.1, 0.15) is 12.1 Å². The largest absolute Gasteiger partial charge is 0.467 e. The van der Waals surface area contributed by atoms with Crippen molar-refractivity contribution in [3.63, 3.8) is 0 Å². The van der Waals surface area contributed by atoms with Crippen molar-refractivity contribution in [2.24, 2.45) is 11.3 Å². The van der Waals surface area contributed by atoms with Crippen LogP contribution < -0.4 is 16.0 Å². The first-order valence-electron chi connectivity index (χ1n) is 10.5. The number of methoxy groups -OCH3 is 1. The van der Waals surface area contributed by atoms with Crippen LogP contribution in [0.25, 0.3) is 0 Å². The van der Waals surface area contributed by atoms with E-state index in [2.05, 4.69) is 16.0 Å². The quantitative estimate of drug-likeness (QED) is 0.532. The SMILES string of the molecule is COC(=O)C(NC(=O)C1C(NC(=O)NC(C)C)CCN1C(=O)CC(C)(C)C)C(C)C. The Morgan fingerprint density at radius 3 is 2.13 bits per heavy atom. The van der Waals surface area contributed by atoms with Gasteiger partial charge in [-0.1, -0.05) is 34.6 Å². The van der Waals surface area contributed by atoms with Gasteiger partial charge >= 0.3 is 12.0 Å². The smallest absolute Gasteiger partial charge is 0.328 e. The normalized spacial score (nSPS) is 20.1. The summed E-state index contributed by atoms with van der Waals surface area (Å²) in [5.41, 5.74) is -0.245. The van der Waals surface area contributed by atoms with Crippen molar-refractivity contribution in [3.8, 4) is 0 Å². The topological polar surface area (TPSA) is 117 Å². The zero-order valence-electron chi connectivity index (χ0n) is 19.5. The number of amides is 4. The number of likely N-dealkylation sites (tertiary alicyclic amines) is 1. The number of esters is 1. The standard InChI is InChI=1S/C21H38N4O5/c1-12(2)16(19(28)30-8)24-18(27)17-14(23-20(29)22-13(3)4)9-10-25(17)15(26)11-21(5,6)7/h12-14,16-17H,9-11H2,1-8H3,(H,24,27)(H2,22,23,29). The molecule has 1 saturated heterocycles. The summed E-state index contributed by atoms with van der Waals surface area (Å²) in [6.45, 7) is 13.5. The van der Waals surface area contributed by atoms with E-state index in [9.17, 15) is 19.2 Å². The second kappa shape index (κ2) is 10.6. The predicted octanol–water partition coefficient (Wildman–Crippen LogP) is 1.41. The summed E-state index contributed by atoms with van der Waals surface area (Å²) in [5.74, 6) is -1.38. The van der Waals surface area contributed by atoms with E-state index in [0.29, 0.717) is 13.0 Å². The average Bonchev–Trinajstić information content (AvgIpc) is 2.99. The maximum absolute atomic E-state index is 13.2. The van der Waals surface area contributed by atoms with Crippen LogP contribution in [0.5, 0.6) is 0 Å². The van der Waals surface area contributed by atoms with E-state index < -0.39 is 36.0 Å². The number of nitrogens with zero attached hydrogens (tertiary/aromatic N) is 1. The molecule has 0 radical (unpaired) electrons. The highest BCUT2D eigenvalue weighted by Gasteiger charge is 2.44. The van der Waals surface area contributed by atoms with E-state index in [1.807, 2.05) is 34.6 Å². The summed E-state index contributed by atoms with van der Waals surface area (Å²) >= 11 is 0. The number of hydrogen-bond donors (Lipinski definition) is 3. The minimum Gasteiger partial charge on any atom is -0.467 e. The van der Waals surface area contributed by atoms with Crippen LogP contribution in [0.4, 0.5) is 4.79 Å². The van der Waals surface area contributed by atoms with Gasteiger partial charge in [-0.05, 0) is 31.6 Å². The summed E-state index contributed by atoms with van der Waals surface area (Å²) in [5, 5.41) is 8.27. The first-order chi connectivity index (χ1) is 13.8. The van der Waals surface area contributed by atoms with Crippen LogP contribution in [-0.4, -0.2) is 66.5 Å². The van der Waals surface area contributed by atoms with Gasteiger partial charge in [0.25, 0.3) is 0 Å². The lowest BCUT2D eigenvalue weighted by molar-refractivity contribution is -0.147. The molecule has 1 heterocycles. The van der Waals surface area contributed by atoms with Gasteiger partial charge in [-0.25, -0.2) is 9.59 Å². The third-order valence-electron chi connectivity index (χ3n) is 4.82. The van der Waals surface area contributed by atoms with Gasteiger partial charge in [-0.15, -0.1) is 0 Å². The number of rotatable bonds is 7. The third kappa shape index (κ3) is 7.50. The molecule has 0 aromatic carbocycles. The van der Waals surface area contributed by atoms with Gasteiger partial charge in [0.2, 0.25) is 11.8 Å². The highest BCUT2D eigenvalue weighted by Crippen LogP contribution is 2.25. The van der Waals surface area contributed by atoms with Gasteiger partial charge in [0.15, 0.2) is 0 Å². The molecule has 3 unspecified atom stereocenters. The second-order valence-electron chi connectivity index (χ2n) is 9.69. The molecule has 0 spiro atoms. The monoisotopic (exact) mass is 426 g/mol. The Kier molecular flexibility index (Phi) is 9.11. The van der Waals surface area contributed by atoms with Crippen LogP contribution in [0.1, 0.15) is 61.3 Å². The fourth-order valence-electron chi connectivity index (χ4n) is 3.44. The van der Waals surface area contributed by atoms with Crippen molar-refractivity contribution < 1.29 is 23.9 Å². The number of carbonyl (C=O) groups excluding carboxylic acids is 4. The molecule has 3 atom stereocenters. The van der Waals surface area contributed by atoms with Crippen molar-refractivity contribution in [2.75, 3.05) is 13.7 Å². The number of carbonyl (C=O) groups is 4. The van der Waals surface area contributed by atoms with E-state index >= 15 is 0 Å². The molecule has 0 saturated carbocycles. The number of urea groups is 1. The van der Waals surface area contributed by atoms with Crippen LogP contribution in [0, 0.1) is 11.3 Å². The van der Waals surface area contributed by atoms with Crippen molar-refractivity contribution >= 4 is 23.8 Å². The molecule has 0 bridgehead atoms. The Morgan fingerprint density at radius 2 is 1.67 bits per heavy atom. The van der Waals surface area contributed by atoms with Crippen molar-refractivity contribution in [1.29, 1.82) is 0 Å².